The predicted octanol–water partition coefficient (Wildman–Crippen LogP) is 3.70. The summed E-state index contributed by atoms with van der Waals surface area (Å²) >= 11 is 5.91. The summed E-state index contributed by atoms with van der Waals surface area (Å²) in [6.07, 6.45) is 3.47. The molecule has 0 amide bonds. The number of benzene rings is 1. The fraction of sp³-hybridized carbons (Fsp3) is 0.600. The lowest BCUT2D eigenvalue weighted by Crippen LogP contribution is -2.58. The van der Waals surface area contributed by atoms with Crippen molar-refractivity contribution in [2.75, 3.05) is 19.8 Å². The van der Waals surface area contributed by atoms with Crippen molar-refractivity contribution >= 4 is 11.6 Å². The average Bonchev–Trinajstić information content (AvgIpc) is 2.48. The lowest BCUT2D eigenvalue weighted by molar-refractivity contribution is -0.480. The minimum absolute atomic E-state index is 0.0458. The van der Waals surface area contributed by atoms with Crippen LogP contribution in [0.5, 0.6) is 0 Å². The van der Waals surface area contributed by atoms with Crippen molar-refractivity contribution in [3.8, 4) is 0 Å². The molecule has 3 heterocycles. The third kappa shape index (κ3) is 2.40. The second-order valence-electron chi connectivity index (χ2n) is 5.53. The van der Waals surface area contributed by atoms with Crippen LogP contribution in [0.25, 0.3) is 0 Å². The van der Waals surface area contributed by atoms with Crippen molar-refractivity contribution in [2.45, 2.75) is 32.2 Å². The van der Waals surface area contributed by atoms with Gasteiger partial charge in [0.1, 0.15) is 0 Å². The molecule has 3 fully saturated rings. The summed E-state index contributed by atoms with van der Waals surface area (Å²) in [5.41, 5.74) is 0.921. The summed E-state index contributed by atoms with van der Waals surface area (Å²) in [5.74, 6) is -1.02. The molecule has 4 rings (SSSR count). The lowest BCUT2D eigenvalue weighted by atomic mass is 9.83. The SMILES string of the molecule is CCCCC12COC(c3ccc(Cl)cc3)(OC1)OC2. The topological polar surface area (TPSA) is 27.7 Å². The van der Waals surface area contributed by atoms with Crippen molar-refractivity contribution < 1.29 is 14.2 Å². The van der Waals surface area contributed by atoms with Crippen LogP contribution in [0.3, 0.4) is 0 Å². The second kappa shape index (κ2) is 5.06. The van der Waals surface area contributed by atoms with E-state index in [1.165, 1.54) is 12.8 Å². The first-order valence-corrected chi connectivity index (χ1v) is 7.24. The van der Waals surface area contributed by atoms with Gasteiger partial charge in [0.05, 0.1) is 19.8 Å². The van der Waals surface area contributed by atoms with E-state index < -0.39 is 5.97 Å². The van der Waals surface area contributed by atoms with Gasteiger partial charge >= 0.3 is 5.97 Å². The highest BCUT2D eigenvalue weighted by Crippen LogP contribution is 2.46. The third-order valence-electron chi connectivity index (χ3n) is 3.96. The molecule has 1 aromatic carbocycles. The van der Waals surface area contributed by atoms with Crippen molar-refractivity contribution in [1.82, 2.24) is 0 Å². The van der Waals surface area contributed by atoms with E-state index in [2.05, 4.69) is 6.92 Å². The van der Waals surface area contributed by atoms with E-state index in [1.807, 2.05) is 24.3 Å². The van der Waals surface area contributed by atoms with Gasteiger partial charge in [-0.25, -0.2) is 0 Å². The number of rotatable bonds is 4. The van der Waals surface area contributed by atoms with Gasteiger partial charge in [0, 0.05) is 16.0 Å². The molecule has 19 heavy (non-hydrogen) atoms. The van der Waals surface area contributed by atoms with Gasteiger partial charge in [-0.15, -0.1) is 0 Å². The molecule has 0 atom stereocenters. The van der Waals surface area contributed by atoms with Gasteiger partial charge in [-0.3, -0.25) is 0 Å². The Morgan fingerprint density at radius 1 is 1.05 bits per heavy atom. The van der Waals surface area contributed by atoms with E-state index in [1.54, 1.807) is 0 Å². The van der Waals surface area contributed by atoms with Crippen molar-refractivity contribution in [3.05, 3.63) is 34.9 Å². The summed E-state index contributed by atoms with van der Waals surface area (Å²) in [7, 11) is 0. The Balaban J connectivity index is 1.75. The number of ether oxygens (including phenoxy) is 3. The zero-order valence-corrected chi connectivity index (χ0v) is 11.9. The maximum Gasteiger partial charge on any atom is 0.312 e. The second-order valence-corrected chi connectivity index (χ2v) is 5.97. The Hall–Kier alpha value is -0.610. The molecule has 104 valence electrons. The van der Waals surface area contributed by atoms with E-state index in [4.69, 9.17) is 25.8 Å². The number of fused-ring (bicyclic) bond motifs is 3. The van der Waals surface area contributed by atoms with Crippen LogP contribution in [0.2, 0.25) is 5.02 Å². The van der Waals surface area contributed by atoms with Crippen molar-refractivity contribution in [3.63, 3.8) is 0 Å². The third-order valence-corrected chi connectivity index (χ3v) is 4.22. The smallest absolute Gasteiger partial charge is 0.312 e. The number of hydrogen-bond acceptors (Lipinski definition) is 3. The van der Waals surface area contributed by atoms with Gasteiger partial charge in [0.15, 0.2) is 0 Å². The zero-order valence-electron chi connectivity index (χ0n) is 11.2. The normalized spacial score (nSPS) is 33.6. The van der Waals surface area contributed by atoms with Gasteiger partial charge in [0.2, 0.25) is 0 Å². The van der Waals surface area contributed by atoms with E-state index >= 15 is 0 Å². The van der Waals surface area contributed by atoms with Crippen LogP contribution in [0.15, 0.2) is 24.3 Å². The van der Waals surface area contributed by atoms with Gasteiger partial charge in [0.25, 0.3) is 0 Å². The first-order valence-electron chi connectivity index (χ1n) is 6.86. The fourth-order valence-corrected chi connectivity index (χ4v) is 2.79. The van der Waals surface area contributed by atoms with Gasteiger partial charge in [-0.05, 0) is 30.7 Å². The van der Waals surface area contributed by atoms with Crippen LogP contribution in [0, 0.1) is 5.41 Å². The van der Waals surface area contributed by atoms with Gasteiger partial charge in [-0.1, -0.05) is 31.4 Å². The lowest BCUT2D eigenvalue weighted by Gasteiger charge is -2.52. The highest BCUT2D eigenvalue weighted by molar-refractivity contribution is 6.30. The van der Waals surface area contributed by atoms with Crippen molar-refractivity contribution in [2.24, 2.45) is 5.41 Å². The molecular weight excluding hydrogens is 264 g/mol. The average molecular weight is 283 g/mol. The molecule has 2 bridgehead atoms. The highest BCUT2D eigenvalue weighted by atomic mass is 35.5. The molecule has 0 saturated carbocycles. The summed E-state index contributed by atoms with van der Waals surface area (Å²) in [6, 6.07) is 7.45. The molecule has 3 aliphatic heterocycles. The Kier molecular flexibility index (Phi) is 3.56. The van der Waals surface area contributed by atoms with Gasteiger partial charge in [-0.2, -0.15) is 0 Å². The maximum atomic E-state index is 5.91. The van der Waals surface area contributed by atoms with E-state index in [9.17, 15) is 0 Å². The van der Waals surface area contributed by atoms with Crippen LogP contribution < -0.4 is 0 Å². The number of hydrogen-bond donors (Lipinski definition) is 0. The van der Waals surface area contributed by atoms with Gasteiger partial charge < -0.3 is 14.2 Å². The molecule has 0 unspecified atom stereocenters. The molecule has 3 nitrogen and oxygen atoms in total. The van der Waals surface area contributed by atoms with E-state index in [0.29, 0.717) is 24.8 Å². The monoisotopic (exact) mass is 282 g/mol. The quantitative estimate of drug-likeness (QED) is 0.843. The van der Waals surface area contributed by atoms with Crippen LogP contribution >= 0.6 is 11.6 Å². The van der Waals surface area contributed by atoms with E-state index in [-0.39, 0.29) is 5.41 Å². The van der Waals surface area contributed by atoms with Crippen LogP contribution in [0.4, 0.5) is 0 Å². The largest absolute Gasteiger partial charge is 0.323 e. The first kappa shape index (κ1) is 13.4. The molecule has 3 saturated heterocycles. The predicted molar refractivity (Wildman–Crippen MR) is 72.9 cm³/mol. The molecule has 3 aliphatic rings. The first-order chi connectivity index (χ1) is 9.18. The molecular formula is C15H19ClO3. The molecule has 4 heteroatoms. The summed E-state index contributed by atoms with van der Waals surface area (Å²) in [4.78, 5) is 0. The Morgan fingerprint density at radius 3 is 2.16 bits per heavy atom. The minimum atomic E-state index is -1.02. The summed E-state index contributed by atoms with van der Waals surface area (Å²) in [6.45, 7) is 4.31. The highest BCUT2D eigenvalue weighted by Gasteiger charge is 2.53. The molecule has 0 spiro atoms. The molecule has 1 aromatic rings. The van der Waals surface area contributed by atoms with Crippen LogP contribution in [-0.2, 0) is 20.2 Å². The molecule has 0 aliphatic carbocycles. The van der Waals surface area contributed by atoms with Crippen molar-refractivity contribution in [1.29, 1.82) is 0 Å². The summed E-state index contributed by atoms with van der Waals surface area (Å²) in [5, 5.41) is 0.698. The fourth-order valence-electron chi connectivity index (χ4n) is 2.67. The Morgan fingerprint density at radius 2 is 1.63 bits per heavy atom. The van der Waals surface area contributed by atoms with E-state index in [0.717, 1.165) is 12.0 Å². The molecule has 0 N–H and O–H groups in total. The van der Waals surface area contributed by atoms with Crippen LogP contribution in [0.1, 0.15) is 31.7 Å². The minimum Gasteiger partial charge on any atom is -0.323 e. The number of unbranched alkanes of at least 4 members (excludes halogenated alkanes) is 1. The maximum absolute atomic E-state index is 5.91. The molecule has 0 radical (unpaired) electrons. The molecule has 0 aromatic heterocycles. The Bertz CT molecular complexity index is 419. The Labute approximate surface area is 118 Å². The standard InChI is InChI=1S/C15H19ClO3/c1-2-3-8-14-9-17-15(18-10-14,19-11-14)12-4-6-13(16)7-5-12/h4-7H,2-3,8-11H2,1H3. The summed E-state index contributed by atoms with van der Waals surface area (Å²) < 4.78 is 17.7. The number of halogens is 1. The van der Waals surface area contributed by atoms with Crippen LogP contribution in [-0.4, -0.2) is 19.8 Å². The zero-order chi connectivity index (χ0) is 13.3.